The summed E-state index contributed by atoms with van der Waals surface area (Å²) >= 11 is 9.46. The number of rotatable bonds is 13. The highest BCUT2D eigenvalue weighted by atomic mass is 79.9. The van der Waals surface area contributed by atoms with Crippen molar-refractivity contribution in [2.75, 3.05) is 27.4 Å². The maximum absolute atomic E-state index is 12.6. The SMILES string of the molecule is CCOC(=O)C1=C(C)NC(=O)N[C@@H]1c1ccc(OCC(=O)N/N=C\c2cc(Br)c(OCc3ccc(Cl)cc3)c(OC)c2)c(OC)c1. The lowest BCUT2D eigenvalue weighted by atomic mass is 9.95. The van der Waals surface area contributed by atoms with Crippen LogP contribution in [0.25, 0.3) is 0 Å². The quantitative estimate of drug-likeness (QED) is 0.121. The third-order valence-corrected chi connectivity index (χ3v) is 7.44. The molecule has 4 rings (SSSR count). The minimum Gasteiger partial charge on any atom is -0.493 e. The Morgan fingerprint density at radius 2 is 1.76 bits per heavy atom. The maximum atomic E-state index is 12.6. The van der Waals surface area contributed by atoms with Gasteiger partial charge in [-0.15, -0.1) is 0 Å². The van der Waals surface area contributed by atoms with Crippen LogP contribution >= 0.6 is 27.5 Å². The fourth-order valence-corrected chi connectivity index (χ4v) is 5.15. The standard InChI is InChI=1S/C32H32BrClN4O8/c1-5-44-31(40)28-18(2)36-32(41)37-29(28)21-8-11-24(25(14-21)42-3)45-17-27(39)38-35-15-20-12-23(33)30(26(13-20)43-4)46-16-19-6-9-22(34)10-7-19/h6-15,29H,5,16-17H2,1-4H3,(H,38,39)(H2,36,37,41)/b35-15-/t29-/m1/s1. The zero-order chi connectivity index (χ0) is 33.2. The van der Waals surface area contributed by atoms with Gasteiger partial charge in [-0.1, -0.05) is 29.8 Å². The van der Waals surface area contributed by atoms with E-state index in [0.717, 1.165) is 5.56 Å². The van der Waals surface area contributed by atoms with E-state index in [-0.39, 0.29) is 30.3 Å². The largest absolute Gasteiger partial charge is 0.493 e. The number of hydrogen-bond donors (Lipinski definition) is 3. The Morgan fingerprint density at radius 1 is 1.02 bits per heavy atom. The van der Waals surface area contributed by atoms with Crippen LogP contribution in [0.4, 0.5) is 4.79 Å². The molecule has 242 valence electrons. The van der Waals surface area contributed by atoms with Crippen molar-refractivity contribution in [1.29, 1.82) is 0 Å². The van der Waals surface area contributed by atoms with Crippen molar-refractivity contribution in [1.82, 2.24) is 16.1 Å². The minimum absolute atomic E-state index is 0.178. The molecule has 12 nitrogen and oxygen atoms in total. The molecule has 0 fully saturated rings. The average Bonchev–Trinajstić information content (AvgIpc) is 3.03. The predicted octanol–water partition coefficient (Wildman–Crippen LogP) is 5.42. The van der Waals surface area contributed by atoms with E-state index >= 15 is 0 Å². The van der Waals surface area contributed by atoms with Crippen molar-refractivity contribution in [3.05, 3.63) is 92.1 Å². The molecule has 1 heterocycles. The van der Waals surface area contributed by atoms with Gasteiger partial charge in [-0.3, -0.25) is 4.79 Å². The molecular formula is C32H32BrClN4O8. The van der Waals surface area contributed by atoms with Crippen LogP contribution in [-0.4, -0.2) is 51.6 Å². The van der Waals surface area contributed by atoms with Crippen molar-refractivity contribution in [3.63, 3.8) is 0 Å². The van der Waals surface area contributed by atoms with Gasteiger partial charge in [-0.25, -0.2) is 15.0 Å². The van der Waals surface area contributed by atoms with E-state index in [1.54, 1.807) is 56.3 Å². The second-order valence-electron chi connectivity index (χ2n) is 9.73. The molecule has 1 atom stereocenters. The van der Waals surface area contributed by atoms with Gasteiger partial charge in [0.1, 0.15) is 6.61 Å². The number of urea groups is 1. The molecule has 0 aromatic heterocycles. The number of hydrogen-bond acceptors (Lipinski definition) is 9. The van der Waals surface area contributed by atoms with E-state index in [9.17, 15) is 14.4 Å². The fourth-order valence-electron chi connectivity index (χ4n) is 4.45. The summed E-state index contributed by atoms with van der Waals surface area (Å²) in [4.78, 5) is 37.3. The van der Waals surface area contributed by atoms with Crippen LogP contribution in [0.5, 0.6) is 23.0 Å². The molecule has 0 spiro atoms. The second kappa shape index (κ2) is 16.0. The van der Waals surface area contributed by atoms with E-state index in [2.05, 4.69) is 37.1 Å². The zero-order valence-electron chi connectivity index (χ0n) is 25.4. The van der Waals surface area contributed by atoms with Crippen LogP contribution < -0.4 is 35.0 Å². The van der Waals surface area contributed by atoms with Gasteiger partial charge >= 0.3 is 12.0 Å². The third-order valence-electron chi connectivity index (χ3n) is 6.60. The molecule has 3 aromatic carbocycles. The van der Waals surface area contributed by atoms with Gasteiger partial charge in [-0.05, 0) is 82.9 Å². The van der Waals surface area contributed by atoms with E-state index in [4.69, 9.17) is 35.3 Å². The molecule has 3 N–H and O–H groups in total. The van der Waals surface area contributed by atoms with Crippen LogP contribution in [0.15, 0.2) is 75.4 Å². The Morgan fingerprint density at radius 3 is 2.46 bits per heavy atom. The molecule has 1 aliphatic rings. The smallest absolute Gasteiger partial charge is 0.338 e. The fraction of sp³-hybridized carbons (Fsp3) is 0.250. The normalized spacial score (nSPS) is 14.3. The van der Waals surface area contributed by atoms with Gasteiger partial charge < -0.3 is 34.3 Å². The van der Waals surface area contributed by atoms with Gasteiger partial charge in [0.25, 0.3) is 5.91 Å². The molecular weight excluding hydrogens is 684 g/mol. The van der Waals surface area contributed by atoms with Crippen molar-refractivity contribution in [3.8, 4) is 23.0 Å². The lowest BCUT2D eigenvalue weighted by molar-refractivity contribution is -0.139. The monoisotopic (exact) mass is 714 g/mol. The van der Waals surface area contributed by atoms with Gasteiger partial charge in [0.15, 0.2) is 29.6 Å². The molecule has 0 bridgehead atoms. The number of amides is 3. The summed E-state index contributed by atoms with van der Waals surface area (Å²) in [7, 11) is 2.96. The number of carbonyl (C=O) groups excluding carboxylic acids is 3. The number of nitrogens with one attached hydrogen (secondary N) is 3. The first-order valence-corrected chi connectivity index (χ1v) is 15.1. The summed E-state index contributed by atoms with van der Waals surface area (Å²) in [5.74, 6) is 0.463. The summed E-state index contributed by atoms with van der Waals surface area (Å²) in [5.41, 5.74) is 5.19. The number of allylic oxidation sites excluding steroid dienone is 1. The highest BCUT2D eigenvalue weighted by Crippen LogP contribution is 2.37. The number of esters is 1. The Balaban J connectivity index is 1.37. The molecule has 0 aliphatic carbocycles. The minimum atomic E-state index is -0.781. The van der Waals surface area contributed by atoms with Crippen LogP contribution in [-0.2, 0) is 20.9 Å². The van der Waals surface area contributed by atoms with E-state index in [0.29, 0.717) is 44.4 Å². The zero-order valence-corrected chi connectivity index (χ0v) is 27.8. The van der Waals surface area contributed by atoms with Crippen LogP contribution in [0.3, 0.4) is 0 Å². The molecule has 0 radical (unpaired) electrons. The second-order valence-corrected chi connectivity index (χ2v) is 11.0. The van der Waals surface area contributed by atoms with Gasteiger partial charge in [0.2, 0.25) is 0 Å². The molecule has 1 aliphatic heterocycles. The van der Waals surface area contributed by atoms with Crippen LogP contribution in [0.2, 0.25) is 5.02 Å². The topological polar surface area (TPSA) is 146 Å². The van der Waals surface area contributed by atoms with Gasteiger partial charge in [0.05, 0.1) is 43.1 Å². The Bertz CT molecular complexity index is 1660. The number of hydrazone groups is 1. The van der Waals surface area contributed by atoms with Crippen molar-refractivity contribution >= 4 is 51.7 Å². The number of carbonyl (C=O) groups is 3. The lowest BCUT2D eigenvalue weighted by Gasteiger charge is -2.28. The van der Waals surface area contributed by atoms with Crippen molar-refractivity contribution in [2.24, 2.45) is 5.10 Å². The van der Waals surface area contributed by atoms with Gasteiger partial charge in [0, 0.05) is 10.7 Å². The molecule has 0 unspecified atom stereocenters. The maximum Gasteiger partial charge on any atom is 0.338 e. The number of benzene rings is 3. The van der Waals surface area contributed by atoms with Crippen molar-refractivity contribution in [2.45, 2.75) is 26.5 Å². The molecule has 0 saturated heterocycles. The summed E-state index contributed by atoms with van der Waals surface area (Å²) in [6.45, 7) is 3.44. The summed E-state index contributed by atoms with van der Waals surface area (Å²) in [6.07, 6.45) is 1.45. The van der Waals surface area contributed by atoms with Crippen LogP contribution in [0.1, 0.15) is 36.6 Å². The summed E-state index contributed by atoms with van der Waals surface area (Å²) in [6, 6.07) is 14.4. The Hall–Kier alpha value is -4.75. The first-order valence-electron chi connectivity index (χ1n) is 14.0. The average molecular weight is 716 g/mol. The van der Waals surface area contributed by atoms with Gasteiger partial charge in [-0.2, -0.15) is 5.10 Å². The first kappa shape index (κ1) is 34.1. The highest BCUT2D eigenvalue weighted by molar-refractivity contribution is 9.10. The Labute approximate surface area is 279 Å². The molecule has 14 heteroatoms. The molecule has 0 saturated carbocycles. The molecule has 46 heavy (non-hydrogen) atoms. The van der Waals surface area contributed by atoms with E-state index in [1.807, 2.05) is 12.1 Å². The Kier molecular flexibility index (Phi) is 11.9. The van der Waals surface area contributed by atoms with E-state index in [1.165, 1.54) is 20.4 Å². The van der Waals surface area contributed by atoms with Crippen LogP contribution in [0, 0.1) is 0 Å². The number of ether oxygens (including phenoxy) is 5. The predicted molar refractivity (Wildman–Crippen MR) is 174 cm³/mol. The highest BCUT2D eigenvalue weighted by Gasteiger charge is 2.32. The van der Waals surface area contributed by atoms with E-state index < -0.39 is 23.9 Å². The lowest BCUT2D eigenvalue weighted by Crippen LogP contribution is -2.45. The third kappa shape index (κ3) is 8.70. The molecule has 3 amide bonds. The summed E-state index contributed by atoms with van der Waals surface area (Å²) in [5, 5.41) is 9.98. The number of methoxy groups -OCH3 is 2. The summed E-state index contributed by atoms with van der Waals surface area (Å²) < 4.78 is 28.4. The molecule has 3 aromatic rings. The number of halogens is 2. The van der Waals surface area contributed by atoms with Crippen molar-refractivity contribution < 1.29 is 38.1 Å². The number of nitrogens with zero attached hydrogens (tertiary/aromatic N) is 1. The first-order chi connectivity index (χ1) is 22.1.